The van der Waals surface area contributed by atoms with E-state index in [4.69, 9.17) is 11.6 Å². The highest BCUT2D eigenvalue weighted by molar-refractivity contribution is 8.14. The summed E-state index contributed by atoms with van der Waals surface area (Å²) in [6.45, 7) is 2.94. The van der Waals surface area contributed by atoms with E-state index in [-0.39, 0.29) is 0 Å². The fraction of sp³-hybridized carbons (Fsp3) is 0.600. The minimum Gasteiger partial charge on any atom is -0.347 e. The summed E-state index contributed by atoms with van der Waals surface area (Å²) in [6, 6.07) is 4.13. The van der Waals surface area contributed by atoms with Crippen molar-refractivity contribution in [1.82, 2.24) is 9.88 Å². The van der Waals surface area contributed by atoms with Crippen LogP contribution in [-0.2, 0) is 6.54 Å². The Balaban J connectivity index is 1.84. The molecule has 5 heteroatoms. The molecule has 0 saturated heterocycles. The predicted octanol–water partition coefficient (Wildman–Crippen LogP) is 3.79. The number of alkyl halides is 1. The van der Waals surface area contributed by atoms with Crippen LogP contribution in [0.25, 0.3) is 0 Å². The third-order valence-corrected chi connectivity index (χ3v) is 4.55. The van der Waals surface area contributed by atoms with Crippen LogP contribution in [0.15, 0.2) is 29.5 Å². The fourth-order valence-corrected chi connectivity index (χ4v) is 3.30. The molecule has 0 unspecified atom stereocenters. The van der Waals surface area contributed by atoms with Gasteiger partial charge >= 0.3 is 0 Å². The van der Waals surface area contributed by atoms with Crippen molar-refractivity contribution >= 4 is 28.5 Å². The van der Waals surface area contributed by atoms with Gasteiger partial charge in [-0.3, -0.25) is 9.98 Å². The van der Waals surface area contributed by atoms with Gasteiger partial charge in [-0.1, -0.05) is 30.7 Å². The Labute approximate surface area is 130 Å². The van der Waals surface area contributed by atoms with Crippen LogP contribution < -0.4 is 0 Å². The molecule has 0 aromatic carbocycles. The molecule has 110 valence electrons. The van der Waals surface area contributed by atoms with E-state index in [1.807, 2.05) is 30.2 Å². The quantitative estimate of drug-likeness (QED) is 0.540. The standard InChI is InChI=1S/C15H22ClN3S/c16-7-3-1-2-4-10-19(15-18-9-11-20-15)13-14-6-5-8-17-12-14/h5-6,8,12H,1-4,7,9-11,13H2. The first-order valence-corrected chi connectivity index (χ1v) is 8.79. The third kappa shape index (κ3) is 5.33. The molecule has 1 aromatic heterocycles. The lowest BCUT2D eigenvalue weighted by Gasteiger charge is -2.23. The van der Waals surface area contributed by atoms with E-state index in [9.17, 15) is 0 Å². The molecule has 1 aliphatic heterocycles. The van der Waals surface area contributed by atoms with E-state index in [1.54, 1.807) is 0 Å². The van der Waals surface area contributed by atoms with Crippen LogP contribution in [0.4, 0.5) is 0 Å². The summed E-state index contributed by atoms with van der Waals surface area (Å²) < 4.78 is 0. The van der Waals surface area contributed by atoms with Gasteiger partial charge < -0.3 is 4.90 Å². The van der Waals surface area contributed by atoms with Crippen molar-refractivity contribution in [3.05, 3.63) is 30.1 Å². The molecule has 1 aliphatic rings. The number of halogens is 1. The van der Waals surface area contributed by atoms with Crippen LogP contribution in [-0.4, -0.2) is 39.8 Å². The Kier molecular flexibility index (Phi) is 7.23. The summed E-state index contributed by atoms with van der Waals surface area (Å²) in [6.07, 6.45) is 8.57. The second-order valence-electron chi connectivity index (χ2n) is 4.90. The topological polar surface area (TPSA) is 28.5 Å². The fourth-order valence-electron chi connectivity index (χ4n) is 2.22. The zero-order valence-electron chi connectivity index (χ0n) is 11.8. The molecule has 2 heterocycles. The van der Waals surface area contributed by atoms with E-state index in [0.717, 1.165) is 37.7 Å². The van der Waals surface area contributed by atoms with Crippen LogP contribution in [0.2, 0.25) is 0 Å². The van der Waals surface area contributed by atoms with Gasteiger partial charge in [-0.15, -0.1) is 11.6 Å². The normalized spacial score (nSPS) is 14.3. The maximum atomic E-state index is 5.71. The Morgan fingerprint density at radius 3 is 2.85 bits per heavy atom. The van der Waals surface area contributed by atoms with Crippen LogP contribution in [0.1, 0.15) is 31.2 Å². The Bertz CT molecular complexity index is 411. The largest absolute Gasteiger partial charge is 0.347 e. The average Bonchev–Trinajstić information content (AvgIpc) is 3.01. The van der Waals surface area contributed by atoms with Gasteiger partial charge in [0, 0.05) is 37.1 Å². The zero-order chi connectivity index (χ0) is 14.0. The van der Waals surface area contributed by atoms with Crippen molar-refractivity contribution in [3.8, 4) is 0 Å². The lowest BCUT2D eigenvalue weighted by atomic mass is 10.2. The minimum atomic E-state index is 0.780. The molecule has 0 bridgehead atoms. The first-order valence-electron chi connectivity index (χ1n) is 7.27. The monoisotopic (exact) mass is 311 g/mol. The van der Waals surface area contributed by atoms with Crippen molar-refractivity contribution in [2.24, 2.45) is 4.99 Å². The number of thioether (sulfide) groups is 1. The molecule has 2 rings (SSSR count). The summed E-state index contributed by atoms with van der Waals surface area (Å²) >= 11 is 7.59. The van der Waals surface area contributed by atoms with Crippen molar-refractivity contribution in [1.29, 1.82) is 0 Å². The lowest BCUT2D eigenvalue weighted by Crippen LogP contribution is -2.28. The van der Waals surface area contributed by atoms with Gasteiger partial charge in [0.2, 0.25) is 0 Å². The van der Waals surface area contributed by atoms with Gasteiger partial charge in [0.1, 0.15) is 0 Å². The maximum absolute atomic E-state index is 5.71. The number of rotatable bonds is 8. The number of hydrogen-bond acceptors (Lipinski definition) is 4. The molecule has 0 radical (unpaired) electrons. The highest BCUT2D eigenvalue weighted by atomic mass is 35.5. The zero-order valence-corrected chi connectivity index (χ0v) is 13.4. The van der Waals surface area contributed by atoms with E-state index < -0.39 is 0 Å². The molecule has 0 aliphatic carbocycles. The predicted molar refractivity (Wildman–Crippen MR) is 88.6 cm³/mol. The molecular formula is C15H22ClN3S. The summed E-state index contributed by atoms with van der Waals surface area (Å²) in [5, 5.41) is 1.20. The number of unbranched alkanes of at least 4 members (excludes halogenated alkanes) is 3. The molecule has 0 fully saturated rings. The summed E-state index contributed by atoms with van der Waals surface area (Å²) in [4.78, 5) is 11.2. The van der Waals surface area contributed by atoms with E-state index in [1.165, 1.54) is 30.0 Å². The number of amidine groups is 1. The van der Waals surface area contributed by atoms with Crippen molar-refractivity contribution in [2.45, 2.75) is 32.2 Å². The van der Waals surface area contributed by atoms with Gasteiger partial charge in [-0.2, -0.15) is 0 Å². The summed E-state index contributed by atoms with van der Waals surface area (Å²) in [5.74, 6) is 1.90. The van der Waals surface area contributed by atoms with Crippen LogP contribution in [0.5, 0.6) is 0 Å². The summed E-state index contributed by atoms with van der Waals surface area (Å²) in [5.41, 5.74) is 1.25. The molecule has 0 atom stereocenters. The molecule has 0 amide bonds. The number of hydrogen-bond donors (Lipinski definition) is 0. The first kappa shape index (κ1) is 15.6. The number of aromatic nitrogens is 1. The van der Waals surface area contributed by atoms with Crippen molar-refractivity contribution in [3.63, 3.8) is 0 Å². The molecule has 3 nitrogen and oxygen atoms in total. The number of aliphatic imine (C=N–C) groups is 1. The highest BCUT2D eigenvalue weighted by Crippen LogP contribution is 2.18. The SMILES string of the molecule is ClCCCCCCN(Cc1cccnc1)C1=NCCS1. The van der Waals surface area contributed by atoms with Gasteiger partial charge in [0.15, 0.2) is 5.17 Å². The summed E-state index contributed by atoms with van der Waals surface area (Å²) in [7, 11) is 0. The van der Waals surface area contributed by atoms with Crippen LogP contribution >= 0.6 is 23.4 Å². The molecular weight excluding hydrogens is 290 g/mol. The van der Waals surface area contributed by atoms with E-state index >= 15 is 0 Å². The van der Waals surface area contributed by atoms with Gasteiger partial charge in [-0.05, 0) is 24.5 Å². The lowest BCUT2D eigenvalue weighted by molar-refractivity contribution is 0.402. The van der Waals surface area contributed by atoms with Crippen molar-refractivity contribution in [2.75, 3.05) is 24.7 Å². The van der Waals surface area contributed by atoms with E-state index in [2.05, 4.69) is 20.9 Å². The molecule has 0 N–H and O–H groups in total. The Morgan fingerprint density at radius 1 is 1.25 bits per heavy atom. The first-order chi connectivity index (χ1) is 9.90. The van der Waals surface area contributed by atoms with Crippen LogP contribution in [0, 0.1) is 0 Å². The molecule has 1 aromatic rings. The Hall–Kier alpha value is -0.740. The second-order valence-corrected chi connectivity index (χ2v) is 6.34. The third-order valence-electron chi connectivity index (χ3n) is 3.25. The van der Waals surface area contributed by atoms with Gasteiger partial charge in [0.25, 0.3) is 0 Å². The number of pyridine rings is 1. The smallest absolute Gasteiger partial charge is 0.159 e. The number of nitrogens with zero attached hydrogens (tertiary/aromatic N) is 3. The van der Waals surface area contributed by atoms with Crippen molar-refractivity contribution < 1.29 is 0 Å². The van der Waals surface area contributed by atoms with E-state index in [0.29, 0.717) is 0 Å². The molecule has 20 heavy (non-hydrogen) atoms. The molecule has 0 spiro atoms. The second kappa shape index (κ2) is 9.24. The van der Waals surface area contributed by atoms with Gasteiger partial charge in [-0.25, -0.2) is 0 Å². The van der Waals surface area contributed by atoms with Crippen LogP contribution in [0.3, 0.4) is 0 Å². The minimum absolute atomic E-state index is 0.780. The Morgan fingerprint density at radius 2 is 2.15 bits per heavy atom. The molecule has 0 saturated carbocycles. The average molecular weight is 312 g/mol. The highest BCUT2D eigenvalue weighted by Gasteiger charge is 2.15. The maximum Gasteiger partial charge on any atom is 0.159 e. The van der Waals surface area contributed by atoms with Gasteiger partial charge in [0.05, 0.1) is 6.54 Å².